The zero-order valence-corrected chi connectivity index (χ0v) is 12.8. The van der Waals surface area contributed by atoms with Crippen LogP contribution in [0.4, 0.5) is 11.4 Å². The van der Waals surface area contributed by atoms with E-state index in [9.17, 15) is 4.79 Å². The monoisotopic (exact) mass is 310 g/mol. The molecule has 0 aliphatic carbocycles. The van der Waals surface area contributed by atoms with Gasteiger partial charge in [0.1, 0.15) is 0 Å². The van der Waals surface area contributed by atoms with Crippen molar-refractivity contribution >= 4 is 29.7 Å². The summed E-state index contributed by atoms with van der Waals surface area (Å²) in [5.41, 5.74) is 6.92. The van der Waals surface area contributed by atoms with Crippen LogP contribution in [0.25, 0.3) is 0 Å². The number of benzene rings is 1. The lowest BCUT2D eigenvalue weighted by molar-refractivity contribution is -0.116. The van der Waals surface area contributed by atoms with Crippen molar-refractivity contribution in [1.29, 1.82) is 0 Å². The third-order valence-electron chi connectivity index (χ3n) is 2.80. The molecule has 1 amide bonds. The third-order valence-corrected chi connectivity index (χ3v) is 2.80. The minimum atomic E-state index is -0.132. The van der Waals surface area contributed by atoms with E-state index in [0.29, 0.717) is 29.5 Å². The van der Waals surface area contributed by atoms with Crippen LogP contribution in [0.1, 0.15) is 37.9 Å². The van der Waals surface area contributed by atoms with Crippen LogP contribution in [0, 0.1) is 0 Å². The van der Waals surface area contributed by atoms with Gasteiger partial charge in [0.05, 0.1) is 11.4 Å². The van der Waals surface area contributed by atoms with Crippen LogP contribution in [0.3, 0.4) is 0 Å². The fourth-order valence-electron chi connectivity index (χ4n) is 1.65. The first-order chi connectivity index (χ1) is 9.56. The van der Waals surface area contributed by atoms with Crippen molar-refractivity contribution in [1.82, 2.24) is 10.1 Å². The Morgan fingerprint density at radius 2 is 2.10 bits per heavy atom. The number of para-hydroxylation sites is 2. The molecule has 0 saturated carbocycles. The summed E-state index contributed by atoms with van der Waals surface area (Å²) in [6, 6.07) is 7.13. The zero-order chi connectivity index (χ0) is 14.5. The summed E-state index contributed by atoms with van der Waals surface area (Å²) in [5.74, 6) is 1.22. The van der Waals surface area contributed by atoms with Crippen LogP contribution in [0.5, 0.6) is 0 Å². The van der Waals surface area contributed by atoms with Crippen molar-refractivity contribution in [3.63, 3.8) is 0 Å². The number of carbonyl (C=O) groups excluding carboxylic acids is 1. The molecule has 0 aliphatic rings. The van der Waals surface area contributed by atoms with Crippen molar-refractivity contribution in [2.75, 3.05) is 11.1 Å². The first-order valence-corrected chi connectivity index (χ1v) is 6.53. The third kappa shape index (κ3) is 4.75. The number of nitrogens with one attached hydrogen (secondary N) is 1. The fourth-order valence-corrected chi connectivity index (χ4v) is 1.65. The molecule has 0 spiro atoms. The lowest BCUT2D eigenvalue weighted by atomic mass is 10.2. The Bertz CT molecular complexity index is 598. The SMILES string of the molecule is CC(C)c1noc(CCC(=O)Nc2ccccc2N)n1.Cl. The number of aryl methyl sites for hydroxylation is 1. The second-order valence-electron chi connectivity index (χ2n) is 4.84. The van der Waals surface area contributed by atoms with Crippen LogP contribution >= 0.6 is 12.4 Å². The number of halogens is 1. The van der Waals surface area contributed by atoms with Gasteiger partial charge in [-0.15, -0.1) is 12.4 Å². The van der Waals surface area contributed by atoms with Gasteiger partial charge in [-0.1, -0.05) is 31.1 Å². The van der Waals surface area contributed by atoms with Gasteiger partial charge in [-0.2, -0.15) is 4.98 Å². The predicted molar refractivity (Wildman–Crippen MR) is 83.4 cm³/mol. The Labute approximate surface area is 129 Å². The van der Waals surface area contributed by atoms with Crippen molar-refractivity contribution < 1.29 is 9.32 Å². The van der Waals surface area contributed by atoms with Gasteiger partial charge >= 0.3 is 0 Å². The molecule has 7 heteroatoms. The van der Waals surface area contributed by atoms with Gasteiger partial charge in [0.15, 0.2) is 5.82 Å². The number of amides is 1. The summed E-state index contributed by atoms with van der Waals surface area (Å²) >= 11 is 0. The van der Waals surface area contributed by atoms with Gasteiger partial charge in [0, 0.05) is 18.8 Å². The van der Waals surface area contributed by atoms with Crippen LogP contribution in [0.2, 0.25) is 0 Å². The van der Waals surface area contributed by atoms with Crippen LogP contribution in [-0.2, 0) is 11.2 Å². The molecule has 0 radical (unpaired) electrons. The highest BCUT2D eigenvalue weighted by Gasteiger charge is 2.11. The highest BCUT2D eigenvalue weighted by molar-refractivity contribution is 5.93. The molecular formula is C14H19ClN4O2. The average Bonchev–Trinajstić information content (AvgIpc) is 2.88. The predicted octanol–water partition coefficient (Wildman–Crippen LogP) is 2.77. The van der Waals surface area contributed by atoms with Gasteiger partial charge in [-0.3, -0.25) is 4.79 Å². The van der Waals surface area contributed by atoms with Gasteiger partial charge in [0.2, 0.25) is 11.8 Å². The summed E-state index contributed by atoms with van der Waals surface area (Å²) < 4.78 is 5.08. The first kappa shape index (κ1) is 17.0. The summed E-state index contributed by atoms with van der Waals surface area (Å²) in [6.45, 7) is 3.97. The molecule has 1 aromatic carbocycles. The van der Waals surface area contributed by atoms with Crippen LogP contribution in [0.15, 0.2) is 28.8 Å². The average molecular weight is 311 g/mol. The lowest BCUT2D eigenvalue weighted by Gasteiger charge is -2.06. The zero-order valence-electron chi connectivity index (χ0n) is 12.0. The maximum atomic E-state index is 11.8. The Kier molecular flexibility index (Phi) is 6.17. The Balaban J connectivity index is 0.00000220. The minimum Gasteiger partial charge on any atom is -0.397 e. The van der Waals surface area contributed by atoms with Gasteiger partial charge in [-0.25, -0.2) is 0 Å². The van der Waals surface area contributed by atoms with Crippen molar-refractivity contribution in [2.24, 2.45) is 0 Å². The van der Waals surface area contributed by atoms with Gasteiger partial charge < -0.3 is 15.6 Å². The van der Waals surface area contributed by atoms with Crippen molar-refractivity contribution in [2.45, 2.75) is 32.6 Å². The summed E-state index contributed by atoms with van der Waals surface area (Å²) in [4.78, 5) is 16.0. The number of aromatic nitrogens is 2. The molecule has 2 aromatic rings. The number of rotatable bonds is 5. The number of carbonyl (C=O) groups is 1. The molecule has 0 bridgehead atoms. The molecule has 0 fully saturated rings. The number of nitrogens with two attached hydrogens (primary N) is 1. The number of hydrogen-bond acceptors (Lipinski definition) is 5. The van der Waals surface area contributed by atoms with E-state index in [1.165, 1.54) is 0 Å². The Hall–Kier alpha value is -2.08. The summed E-state index contributed by atoms with van der Waals surface area (Å²) in [7, 11) is 0. The number of hydrogen-bond donors (Lipinski definition) is 2. The molecule has 1 aromatic heterocycles. The van der Waals surface area contributed by atoms with Crippen LogP contribution in [-0.4, -0.2) is 16.0 Å². The molecule has 1 heterocycles. The molecule has 0 unspecified atom stereocenters. The van der Waals surface area contributed by atoms with E-state index in [0.717, 1.165) is 0 Å². The maximum absolute atomic E-state index is 11.8. The molecule has 114 valence electrons. The molecule has 0 atom stereocenters. The molecular weight excluding hydrogens is 292 g/mol. The van der Waals surface area contributed by atoms with E-state index in [4.69, 9.17) is 10.3 Å². The standard InChI is InChI=1S/C14H18N4O2.ClH/c1-9(2)14-17-13(20-18-14)8-7-12(19)16-11-6-4-3-5-10(11)15;/h3-6,9H,7-8,15H2,1-2H3,(H,16,19);1H. The molecule has 21 heavy (non-hydrogen) atoms. The quantitative estimate of drug-likeness (QED) is 0.828. The lowest BCUT2D eigenvalue weighted by Crippen LogP contribution is -2.13. The number of anilines is 2. The summed E-state index contributed by atoms with van der Waals surface area (Å²) in [6.07, 6.45) is 0.687. The molecule has 0 aliphatic heterocycles. The second kappa shape index (κ2) is 7.64. The minimum absolute atomic E-state index is 0. The smallest absolute Gasteiger partial charge is 0.227 e. The van der Waals surface area contributed by atoms with Gasteiger partial charge in [0.25, 0.3) is 0 Å². The van der Waals surface area contributed by atoms with E-state index >= 15 is 0 Å². The highest BCUT2D eigenvalue weighted by atomic mass is 35.5. The van der Waals surface area contributed by atoms with Crippen LogP contribution < -0.4 is 11.1 Å². The second-order valence-corrected chi connectivity index (χ2v) is 4.84. The molecule has 3 N–H and O–H groups in total. The molecule has 6 nitrogen and oxygen atoms in total. The topological polar surface area (TPSA) is 94.0 Å². The Morgan fingerprint density at radius 3 is 2.71 bits per heavy atom. The van der Waals surface area contributed by atoms with E-state index in [1.807, 2.05) is 26.0 Å². The fraction of sp³-hybridized carbons (Fsp3) is 0.357. The number of nitrogen functional groups attached to an aromatic ring is 1. The van der Waals surface area contributed by atoms with Crippen molar-refractivity contribution in [3.8, 4) is 0 Å². The maximum Gasteiger partial charge on any atom is 0.227 e. The van der Waals surface area contributed by atoms with Crippen molar-refractivity contribution in [3.05, 3.63) is 36.0 Å². The highest BCUT2D eigenvalue weighted by Crippen LogP contribution is 2.17. The van der Waals surface area contributed by atoms with Gasteiger partial charge in [-0.05, 0) is 12.1 Å². The largest absolute Gasteiger partial charge is 0.397 e. The number of nitrogens with zero attached hydrogens (tertiary/aromatic N) is 2. The van der Waals surface area contributed by atoms with E-state index in [1.54, 1.807) is 12.1 Å². The first-order valence-electron chi connectivity index (χ1n) is 6.53. The van der Waals surface area contributed by atoms with E-state index in [-0.39, 0.29) is 30.7 Å². The van der Waals surface area contributed by atoms with E-state index in [2.05, 4.69) is 15.5 Å². The molecule has 0 saturated heterocycles. The van der Waals surface area contributed by atoms with E-state index < -0.39 is 0 Å². The molecule has 2 rings (SSSR count). The summed E-state index contributed by atoms with van der Waals surface area (Å²) in [5, 5.41) is 6.61. The normalized spacial score (nSPS) is 10.2. The Morgan fingerprint density at radius 1 is 1.38 bits per heavy atom.